The molecule has 1 fully saturated rings. The minimum absolute atomic E-state index is 0.0957. The van der Waals surface area contributed by atoms with Crippen LogP contribution in [0.4, 0.5) is 5.82 Å². The standard InChI is InChI=1S/C23H25ClN6OS/c24-21-16(4-3-6-26-21)14-30-9-2-1-5-18-22(30)28-19(13-27-18)17-12-20(32-15-17)23(31)29-10-7-25-8-11-29/h3-4,6,12-13,15,25H,1-2,5,7-11,14H2. The first kappa shape index (κ1) is 21.3. The van der Waals surface area contributed by atoms with E-state index in [4.69, 9.17) is 21.6 Å². The van der Waals surface area contributed by atoms with Crippen LogP contribution in [0.15, 0.2) is 36.0 Å². The van der Waals surface area contributed by atoms with Gasteiger partial charge in [-0.15, -0.1) is 11.3 Å². The highest BCUT2D eigenvalue weighted by atomic mass is 35.5. The largest absolute Gasteiger partial charge is 0.351 e. The molecule has 2 aliphatic heterocycles. The van der Waals surface area contributed by atoms with Crippen molar-refractivity contribution in [1.29, 1.82) is 0 Å². The predicted octanol–water partition coefficient (Wildman–Crippen LogP) is 3.64. The third-order valence-corrected chi connectivity index (χ3v) is 7.18. The van der Waals surface area contributed by atoms with Gasteiger partial charge in [0.15, 0.2) is 5.82 Å². The molecule has 5 rings (SSSR count). The number of amides is 1. The van der Waals surface area contributed by atoms with Crippen molar-refractivity contribution in [2.45, 2.75) is 25.8 Å². The molecule has 0 saturated carbocycles. The Kier molecular flexibility index (Phi) is 6.34. The van der Waals surface area contributed by atoms with E-state index in [1.165, 1.54) is 11.3 Å². The number of fused-ring (bicyclic) bond motifs is 1. The molecule has 1 saturated heterocycles. The van der Waals surface area contributed by atoms with Gasteiger partial charge in [0.05, 0.1) is 22.5 Å². The lowest BCUT2D eigenvalue weighted by molar-refractivity contribution is 0.0740. The Hall–Kier alpha value is -2.55. The highest BCUT2D eigenvalue weighted by Gasteiger charge is 2.23. The summed E-state index contributed by atoms with van der Waals surface area (Å²) in [4.78, 5) is 31.7. The highest BCUT2D eigenvalue weighted by molar-refractivity contribution is 7.12. The fourth-order valence-corrected chi connectivity index (χ4v) is 5.22. The monoisotopic (exact) mass is 468 g/mol. The van der Waals surface area contributed by atoms with E-state index in [0.717, 1.165) is 85.2 Å². The summed E-state index contributed by atoms with van der Waals surface area (Å²) in [5, 5.41) is 5.81. The van der Waals surface area contributed by atoms with Gasteiger partial charge in [-0.1, -0.05) is 17.7 Å². The van der Waals surface area contributed by atoms with Crippen molar-refractivity contribution >= 4 is 34.7 Å². The minimum atomic E-state index is 0.0957. The summed E-state index contributed by atoms with van der Waals surface area (Å²) in [5.74, 6) is 0.999. The fourth-order valence-electron chi connectivity index (χ4n) is 4.18. The van der Waals surface area contributed by atoms with Crippen LogP contribution in [-0.4, -0.2) is 58.5 Å². The highest BCUT2D eigenvalue weighted by Crippen LogP contribution is 2.30. The molecule has 5 heterocycles. The number of anilines is 1. The zero-order chi connectivity index (χ0) is 21.9. The zero-order valence-corrected chi connectivity index (χ0v) is 19.3. The number of halogens is 1. The van der Waals surface area contributed by atoms with Crippen LogP contribution in [0.25, 0.3) is 11.3 Å². The molecular formula is C23H25ClN6OS. The normalized spacial score (nSPS) is 16.5. The van der Waals surface area contributed by atoms with Crippen LogP contribution in [0.3, 0.4) is 0 Å². The summed E-state index contributed by atoms with van der Waals surface area (Å²) in [6.45, 7) is 4.72. The Morgan fingerprint density at radius 1 is 1.19 bits per heavy atom. The number of rotatable bonds is 4. The number of hydrogen-bond donors (Lipinski definition) is 1. The number of piperazine rings is 1. The Labute approximate surface area is 196 Å². The average molecular weight is 469 g/mol. The first-order valence-corrected chi connectivity index (χ1v) is 12.2. The quantitative estimate of drug-likeness (QED) is 0.589. The molecule has 166 valence electrons. The molecule has 3 aromatic rings. The molecule has 0 aromatic carbocycles. The van der Waals surface area contributed by atoms with E-state index in [2.05, 4.69) is 15.2 Å². The zero-order valence-electron chi connectivity index (χ0n) is 17.8. The lowest BCUT2D eigenvalue weighted by atomic mass is 10.2. The van der Waals surface area contributed by atoms with Crippen LogP contribution in [0.5, 0.6) is 0 Å². The number of nitrogens with one attached hydrogen (secondary N) is 1. The molecule has 3 aromatic heterocycles. The first-order valence-electron chi connectivity index (χ1n) is 11.0. The molecule has 1 amide bonds. The van der Waals surface area contributed by atoms with E-state index < -0.39 is 0 Å². The van der Waals surface area contributed by atoms with Gasteiger partial charge in [-0.05, 0) is 31.4 Å². The van der Waals surface area contributed by atoms with Gasteiger partial charge < -0.3 is 15.1 Å². The molecule has 0 radical (unpaired) electrons. The topological polar surface area (TPSA) is 74.2 Å². The number of hydrogen-bond acceptors (Lipinski definition) is 7. The van der Waals surface area contributed by atoms with Crippen molar-refractivity contribution in [2.24, 2.45) is 0 Å². The average Bonchev–Trinajstić information content (AvgIpc) is 3.24. The molecular weight excluding hydrogens is 444 g/mol. The van der Waals surface area contributed by atoms with E-state index >= 15 is 0 Å². The summed E-state index contributed by atoms with van der Waals surface area (Å²) in [6, 6.07) is 5.86. The van der Waals surface area contributed by atoms with Gasteiger partial charge in [-0.3, -0.25) is 9.78 Å². The Morgan fingerprint density at radius 3 is 2.91 bits per heavy atom. The molecule has 32 heavy (non-hydrogen) atoms. The minimum Gasteiger partial charge on any atom is -0.351 e. The molecule has 2 aliphatic rings. The van der Waals surface area contributed by atoms with Crippen LogP contribution >= 0.6 is 22.9 Å². The van der Waals surface area contributed by atoms with E-state index in [1.807, 2.05) is 34.7 Å². The number of aromatic nitrogens is 3. The maximum Gasteiger partial charge on any atom is 0.264 e. The summed E-state index contributed by atoms with van der Waals surface area (Å²) in [7, 11) is 0. The van der Waals surface area contributed by atoms with Gasteiger partial charge in [0, 0.05) is 62.0 Å². The predicted molar refractivity (Wildman–Crippen MR) is 127 cm³/mol. The Bertz CT molecular complexity index is 1110. The fraction of sp³-hybridized carbons (Fsp3) is 0.391. The van der Waals surface area contributed by atoms with Gasteiger partial charge >= 0.3 is 0 Å². The van der Waals surface area contributed by atoms with Crippen molar-refractivity contribution in [3.63, 3.8) is 0 Å². The second-order valence-corrected chi connectivity index (χ2v) is 9.37. The van der Waals surface area contributed by atoms with Crippen molar-refractivity contribution < 1.29 is 4.79 Å². The second kappa shape index (κ2) is 9.52. The van der Waals surface area contributed by atoms with Crippen LogP contribution in [0.2, 0.25) is 5.15 Å². The van der Waals surface area contributed by atoms with E-state index in [9.17, 15) is 4.79 Å². The van der Waals surface area contributed by atoms with Crippen LogP contribution in [0.1, 0.15) is 33.8 Å². The molecule has 0 unspecified atom stereocenters. The van der Waals surface area contributed by atoms with Crippen LogP contribution < -0.4 is 10.2 Å². The van der Waals surface area contributed by atoms with Gasteiger partial charge in [-0.2, -0.15) is 0 Å². The summed E-state index contributed by atoms with van der Waals surface area (Å²) >= 11 is 7.80. The van der Waals surface area contributed by atoms with Crippen molar-refractivity contribution in [2.75, 3.05) is 37.6 Å². The second-order valence-electron chi connectivity index (χ2n) is 8.10. The summed E-state index contributed by atoms with van der Waals surface area (Å²) in [5.41, 5.74) is 3.73. The van der Waals surface area contributed by atoms with Gasteiger partial charge in [0.1, 0.15) is 5.15 Å². The number of pyridine rings is 1. The van der Waals surface area contributed by atoms with Crippen molar-refractivity contribution in [3.8, 4) is 11.3 Å². The van der Waals surface area contributed by atoms with Gasteiger partial charge in [0.25, 0.3) is 5.91 Å². The molecule has 1 N–H and O–H groups in total. The van der Waals surface area contributed by atoms with Crippen molar-refractivity contribution in [3.05, 3.63) is 57.3 Å². The molecule has 0 spiro atoms. The van der Waals surface area contributed by atoms with E-state index in [1.54, 1.807) is 6.20 Å². The number of carbonyl (C=O) groups is 1. The Morgan fingerprint density at radius 2 is 2.06 bits per heavy atom. The number of nitrogens with zero attached hydrogens (tertiary/aromatic N) is 5. The van der Waals surface area contributed by atoms with Crippen LogP contribution in [-0.2, 0) is 13.0 Å². The first-order chi connectivity index (χ1) is 15.7. The number of aryl methyl sites for hydroxylation is 1. The number of thiophene rings is 1. The third-order valence-electron chi connectivity index (χ3n) is 5.93. The van der Waals surface area contributed by atoms with E-state index in [-0.39, 0.29) is 5.91 Å². The van der Waals surface area contributed by atoms with Crippen LogP contribution in [0, 0.1) is 0 Å². The molecule has 9 heteroatoms. The van der Waals surface area contributed by atoms with Gasteiger partial charge in [0.2, 0.25) is 0 Å². The maximum absolute atomic E-state index is 12.9. The molecule has 0 aliphatic carbocycles. The summed E-state index contributed by atoms with van der Waals surface area (Å²) < 4.78 is 0. The lowest BCUT2D eigenvalue weighted by Gasteiger charge is -2.26. The molecule has 0 bridgehead atoms. The van der Waals surface area contributed by atoms with E-state index in [0.29, 0.717) is 11.7 Å². The Balaban J connectivity index is 1.42. The maximum atomic E-state index is 12.9. The van der Waals surface area contributed by atoms with Gasteiger partial charge in [-0.25, -0.2) is 9.97 Å². The SMILES string of the molecule is O=C(c1cc(-c2cnc3c(n2)N(Cc2cccnc2Cl)CCCC3)cs1)N1CCNCC1. The smallest absolute Gasteiger partial charge is 0.264 e. The number of carbonyl (C=O) groups excluding carboxylic acids is 1. The molecule has 0 atom stereocenters. The lowest BCUT2D eigenvalue weighted by Crippen LogP contribution is -2.46. The molecule has 7 nitrogen and oxygen atoms in total. The summed E-state index contributed by atoms with van der Waals surface area (Å²) in [6.07, 6.45) is 6.61. The third kappa shape index (κ3) is 4.48. The van der Waals surface area contributed by atoms with Crippen molar-refractivity contribution in [1.82, 2.24) is 25.2 Å².